The van der Waals surface area contributed by atoms with Crippen LogP contribution < -0.4 is 10.1 Å². The van der Waals surface area contributed by atoms with Gasteiger partial charge >= 0.3 is 6.01 Å². The molecule has 0 amide bonds. The van der Waals surface area contributed by atoms with Crippen molar-refractivity contribution in [3.05, 3.63) is 18.0 Å². The Balaban J connectivity index is 2.10. The summed E-state index contributed by atoms with van der Waals surface area (Å²) in [6.45, 7) is 0.847. The maximum atomic E-state index is 5.79. The second-order valence-electron chi connectivity index (χ2n) is 4.17. The van der Waals surface area contributed by atoms with Crippen LogP contribution in [0.4, 0.5) is 0 Å². The van der Waals surface area contributed by atoms with E-state index in [1.54, 1.807) is 19.5 Å². The van der Waals surface area contributed by atoms with Gasteiger partial charge in [0.05, 0.1) is 19.3 Å². The molecule has 1 aliphatic heterocycles. The molecule has 17 heavy (non-hydrogen) atoms. The molecular weight excluding hydrogens is 218 g/mol. The van der Waals surface area contributed by atoms with Crippen LogP contribution in [0.25, 0.3) is 0 Å². The molecule has 0 radical (unpaired) electrons. The first-order valence-electron chi connectivity index (χ1n) is 6.00. The molecule has 5 heteroatoms. The third-order valence-electron chi connectivity index (χ3n) is 3.09. The Bertz CT molecular complexity index is 336. The van der Waals surface area contributed by atoms with Crippen molar-refractivity contribution < 1.29 is 9.47 Å². The molecule has 2 heterocycles. The van der Waals surface area contributed by atoms with E-state index in [0.717, 1.165) is 25.0 Å². The van der Waals surface area contributed by atoms with Crippen LogP contribution >= 0.6 is 0 Å². The number of nitrogens with one attached hydrogen (secondary N) is 1. The molecule has 0 bridgehead atoms. The largest absolute Gasteiger partial charge is 0.467 e. The highest BCUT2D eigenvalue weighted by atomic mass is 16.5. The van der Waals surface area contributed by atoms with Gasteiger partial charge in [-0.15, -0.1) is 0 Å². The van der Waals surface area contributed by atoms with E-state index in [4.69, 9.17) is 9.47 Å². The van der Waals surface area contributed by atoms with Crippen molar-refractivity contribution in [3.63, 3.8) is 0 Å². The highest BCUT2D eigenvalue weighted by molar-refractivity contribution is 5.14. The molecule has 0 saturated carbocycles. The smallest absolute Gasteiger partial charge is 0.316 e. The second-order valence-corrected chi connectivity index (χ2v) is 4.17. The molecule has 1 saturated heterocycles. The highest BCUT2D eigenvalue weighted by Gasteiger charge is 2.25. The molecule has 0 aromatic carbocycles. The number of hydrogen-bond acceptors (Lipinski definition) is 5. The fourth-order valence-corrected chi connectivity index (χ4v) is 2.19. The quantitative estimate of drug-likeness (QED) is 0.855. The maximum Gasteiger partial charge on any atom is 0.316 e. The van der Waals surface area contributed by atoms with E-state index in [9.17, 15) is 0 Å². The summed E-state index contributed by atoms with van der Waals surface area (Å²) in [4.78, 5) is 8.26. The first-order valence-corrected chi connectivity index (χ1v) is 6.00. The van der Waals surface area contributed by atoms with Crippen molar-refractivity contribution in [2.45, 2.75) is 31.4 Å². The van der Waals surface area contributed by atoms with E-state index in [1.165, 1.54) is 6.42 Å². The molecule has 1 N–H and O–H groups in total. The number of hydrogen-bond donors (Lipinski definition) is 1. The van der Waals surface area contributed by atoms with Gasteiger partial charge in [-0.25, -0.2) is 9.97 Å². The normalized spacial score (nSPS) is 22.1. The standard InChI is InChI=1S/C12H19N3O2/c1-13-11(10-5-3-4-6-17-10)9-7-14-12(16-2)15-8-9/h7-8,10-11,13H,3-6H2,1-2H3. The minimum Gasteiger partial charge on any atom is -0.467 e. The first-order chi connectivity index (χ1) is 8.35. The Morgan fingerprint density at radius 3 is 2.71 bits per heavy atom. The van der Waals surface area contributed by atoms with Gasteiger partial charge in [0.25, 0.3) is 0 Å². The number of likely N-dealkylation sites (N-methyl/N-ethyl adjacent to an activating group) is 1. The fraction of sp³-hybridized carbons (Fsp3) is 0.667. The molecule has 94 valence electrons. The number of methoxy groups -OCH3 is 1. The minimum absolute atomic E-state index is 0.154. The van der Waals surface area contributed by atoms with Crippen molar-refractivity contribution in [1.82, 2.24) is 15.3 Å². The van der Waals surface area contributed by atoms with E-state index in [-0.39, 0.29) is 12.1 Å². The minimum atomic E-state index is 0.154. The third kappa shape index (κ3) is 2.92. The molecule has 1 aromatic rings. The number of aromatic nitrogens is 2. The zero-order valence-electron chi connectivity index (χ0n) is 10.3. The monoisotopic (exact) mass is 237 g/mol. The number of rotatable bonds is 4. The summed E-state index contributed by atoms with van der Waals surface area (Å²) in [6.07, 6.45) is 7.27. The van der Waals surface area contributed by atoms with Crippen LogP contribution in [-0.2, 0) is 4.74 Å². The summed E-state index contributed by atoms with van der Waals surface area (Å²) in [5.74, 6) is 0. The van der Waals surface area contributed by atoms with Crippen LogP contribution in [0.2, 0.25) is 0 Å². The zero-order valence-corrected chi connectivity index (χ0v) is 10.3. The molecule has 1 aromatic heterocycles. The summed E-state index contributed by atoms with van der Waals surface area (Å²) in [6, 6.07) is 0.550. The van der Waals surface area contributed by atoms with Gasteiger partial charge in [0.15, 0.2) is 0 Å². The molecule has 5 nitrogen and oxygen atoms in total. The Kier molecular flexibility index (Phi) is 4.28. The molecule has 2 unspecified atom stereocenters. The fourth-order valence-electron chi connectivity index (χ4n) is 2.19. The highest BCUT2D eigenvalue weighted by Crippen LogP contribution is 2.25. The zero-order chi connectivity index (χ0) is 12.1. The van der Waals surface area contributed by atoms with E-state index >= 15 is 0 Å². The maximum absolute atomic E-state index is 5.79. The molecular formula is C12H19N3O2. The average molecular weight is 237 g/mol. The summed E-state index contributed by atoms with van der Waals surface area (Å²) < 4.78 is 10.7. The SMILES string of the molecule is CNC(c1cnc(OC)nc1)C1CCCCO1. The molecule has 0 spiro atoms. The van der Waals surface area contributed by atoms with Gasteiger partial charge in [-0.1, -0.05) is 0 Å². The Morgan fingerprint density at radius 1 is 1.41 bits per heavy atom. The Labute approximate surface area is 102 Å². The summed E-state index contributed by atoms with van der Waals surface area (Å²) >= 11 is 0. The van der Waals surface area contributed by atoms with Crippen molar-refractivity contribution in [2.75, 3.05) is 20.8 Å². The van der Waals surface area contributed by atoms with Crippen molar-refractivity contribution >= 4 is 0 Å². The number of ether oxygens (including phenoxy) is 2. The average Bonchev–Trinajstić information content (AvgIpc) is 2.42. The van der Waals surface area contributed by atoms with Gasteiger partial charge in [0.2, 0.25) is 0 Å². The predicted octanol–water partition coefficient (Wildman–Crippen LogP) is 1.31. The van der Waals surface area contributed by atoms with Gasteiger partial charge < -0.3 is 14.8 Å². The Hall–Kier alpha value is -1.20. The van der Waals surface area contributed by atoms with E-state index in [2.05, 4.69) is 15.3 Å². The summed E-state index contributed by atoms with van der Waals surface area (Å²) in [5.41, 5.74) is 1.04. The van der Waals surface area contributed by atoms with Gasteiger partial charge in [-0.2, -0.15) is 0 Å². The van der Waals surface area contributed by atoms with Crippen LogP contribution in [0.1, 0.15) is 30.9 Å². The summed E-state index contributed by atoms with van der Waals surface area (Å²) in [7, 11) is 3.50. The van der Waals surface area contributed by atoms with E-state index in [0.29, 0.717) is 6.01 Å². The number of nitrogens with zero attached hydrogens (tertiary/aromatic N) is 2. The van der Waals surface area contributed by atoms with Crippen LogP contribution in [-0.4, -0.2) is 36.8 Å². The van der Waals surface area contributed by atoms with Crippen molar-refractivity contribution in [1.29, 1.82) is 0 Å². The van der Waals surface area contributed by atoms with Gasteiger partial charge in [0, 0.05) is 24.6 Å². The van der Waals surface area contributed by atoms with Crippen LogP contribution in [0.15, 0.2) is 12.4 Å². The molecule has 1 fully saturated rings. The van der Waals surface area contributed by atoms with Crippen LogP contribution in [0.5, 0.6) is 6.01 Å². The lowest BCUT2D eigenvalue weighted by Gasteiger charge is -2.30. The lowest BCUT2D eigenvalue weighted by molar-refractivity contribution is -0.00678. The van der Waals surface area contributed by atoms with Crippen LogP contribution in [0, 0.1) is 0 Å². The van der Waals surface area contributed by atoms with E-state index < -0.39 is 0 Å². The Morgan fingerprint density at radius 2 is 2.18 bits per heavy atom. The second kappa shape index (κ2) is 5.93. The van der Waals surface area contributed by atoms with Crippen LogP contribution in [0.3, 0.4) is 0 Å². The van der Waals surface area contributed by atoms with Gasteiger partial charge in [-0.3, -0.25) is 0 Å². The van der Waals surface area contributed by atoms with Gasteiger partial charge in [0.1, 0.15) is 0 Å². The van der Waals surface area contributed by atoms with Gasteiger partial charge in [-0.05, 0) is 26.3 Å². The third-order valence-corrected chi connectivity index (χ3v) is 3.09. The predicted molar refractivity (Wildman–Crippen MR) is 64.0 cm³/mol. The molecule has 0 aliphatic carbocycles. The molecule has 2 rings (SSSR count). The lowest BCUT2D eigenvalue weighted by Crippen LogP contribution is -2.34. The topological polar surface area (TPSA) is 56.3 Å². The van der Waals surface area contributed by atoms with Crippen molar-refractivity contribution in [2.24, 2.45) is 0 Å². The summed E-state index contributed by atoms with van der Waals surface area (Å²) in [5, 5.41) is 3.28. The molecule has 2 atom stereocenters. The van der Waals surface area contributed by atoms with Crippen molar-refractivity contribution in [3.8, 4) is 6.01 Å². The van der Waals surface area contributed by atoms with E-state index in [1.807, 2.05) is 7.05 Å². The molecule has 1 aliphatic rings. The first kappa shape index (κ1) is 12.3. The lowest BCUT2D eigenvalue weighted by atomic mass is 9.98.